The van der Waals surface area contributed by atoms with E-state index in [4.69, 9.17) is 16.7 Å². The summed E-state index contributed by atoms with van der Waals surface area (Å²) in [6.45, 7) is 4.35. The van der Waals surface area contributed by atoms with Gasteiger partial charge in [0.1, 0.15) is 0 Å². The number of hydrogen-bond acceptors (Lipinski definition) is 3. The van der Waals surface area contributed by atoms with Gasteiger partial charge in [-0.1, -0.05) is 29.8 Å². The van der Waals surface area contributed by atoms with Gasteiger partial charge in [-0.05, 0) is 38.3 Å². The summed E-state index contributed by atoms with van der Waals surface area (Å²) >= 11 is 6.23. The fraction of sp³-hybridized carbons (Fsp3) is 0.526. The van der Waals surface area contributed by atoms with Gasteiger partial charge in [-0.2, -0.15) is 0 Å². The van der Waals surface area contributed by atoms with Gasteiger partial charge in [0.05, 0.1) is 17.9 Å². The van der Waals surface area contributed by atoms with E-state index in [9.17, 15) is 14.4 Å². The molecule has 1 saturated heterocycles. The standard InChI is InChI=1S/C19H25ClN2O4/c1-19(2,14-6-4-5-7-15(14)20)18(26)21(3)12-16(23)22-10-8-13(9-11-22)17(24)25/h4-7,13H,8-12H2,1-3H3,(H,24,25). The van der Waals surface area contributed by atoms with Crippen LogP contribution in [0.25, 0.3) is 0 Å². The maximum Gasteiger partial charge on any atom is 0.306 e. The molecular formula is C19H25ClN2O4. The number of likely N-dealkylation sites (N-methyl/N-ethyl adjacent to an activating group) is 1. The molecule has 7 heteroatoms. The average molecular weight is 381 g/mol. The molecule has 1 aromatic carbocycles. The number of hydrogen-bond donors (Lipinski definition) is 1. The van der Waals surface area contributed by atoms with Crippen LogP contribution in [0.2, 0.25) is 5.02 Å². The lowest BCUT2D eigenvalue weighted by Gasteiger charge is -2.34. The smallest absolute Gasteiger partial charge is 0.306 e. The number of amides is 2. The van der Waals surface area contributed by atoms with Crippen LogP contribution in [0.4, 0.5) is 0 Å². The van der Waals surface area contributed by atoms with Gasteiger partial charge < -0.3 is 14.9 Å². The molecule has 1 heterocycles. The Morgan fingerprint density at radius 3 is 2.35 bits per heavy atom. The van der Waals surface area contributed by atoms with Gasteiger partial charge >= 0.3 is 5.97 Å². The molecule has 26 heavy (non-hydrogen) atoms. The lowest BCUT2D eigenvalue weighted by Crippen LogP contribution is -2.48. The van der Waals surface area contributed by atoms with Gasteiger partial charge in [0.25, 0.3) is 0 Å². The van der Waals surface area contributed by atoms with E-state index < -0.39 is 17.3 Å². The molecule has 0 saturated carbocycles. The summed E-state index contributed by atoms with van der Waals surface area (Å²) in [4.78, 5) is 39.4. The SMILES string of the molecule is CN(CC(=O)N1CCC(C(=O)O)CC1)C(=O)C(C)(C)c1ccccc1Cl. The predicted molar refractivity (Wildman–Crippen MR) is 99.1 cm³/mol. The van der Waals surface area contributed by atoms with E-state index in [1.165, 1.54) is 4.90 Å². The highest BCUT2D eigenvalue weighted by molar-refractivity contribution is 6.31. The topological polar surface area (TPSA) is 77.9 Å². The van der Waals surface area contributed by atoms with E-state index >= 15 is 0 Å². The Morgan fingerprint density at radius 2 is 1.81 bits per heavy atom. The van der Waals surface area contributed by atoms with Crippen molar-refractivity contribution in [2.24, 2.45) is 5.92 Å². The molecule has 1 fully saturated rings. The first-order valence-electron chi connectivity index (χ1n) is 8.65. The summed E-state index contributed by atoms with van der Waals surface area (Å²) in [6, 6.07) is 7.19. The molecule has 142 valence electrons. The van der Waals surface area contributed by atoms with Crippen LogP contribution in [0, 0.1) is 5.92 Å². The lowest BCUT2D eigenvalue weighted by atomic mass is 9.83. The number of carbonyl (C=O) groups excluding carboxylic acids is 2. The summed E-state index contributed by atoms with van der Waals surface area (Å²) in [6.07, 6.45) is 0.897. The Labute approximate surface area is 158 Å². The first kappa shape index (κ1) is 20.2. The maximum absolute atomic E-state index is 12.9. The Kier molecular flexibility index (Phi) is 6.29. The van der Waals surface area contributed by atoms with E-state index in [-0.39, 0.29) is 18.4 Å². The van der Waals surface area contributed by atoms with E-state index in [1.807, 2.05) is 12.1 Å². The van der Waals surface area contributed by atoms with E-state index in [0.29, 0.717) is 36.5 Å². The van der Waals surface area contributed by atoms with Gasteiger partial charge in [-0.3, -0.25) is 14.4 Å². The molecule has 2 rings (SSSR count). The van der Waals surface area contributed by atoms with E-state index in [2.05, 4.69) is 0 Å². The number of aliphatic carboxylic acids is 1. The molecule has 2 amide bonds. The minimum absolute atomic E-state index is 0.0372. The number of carbonyl (C=O) groups is 3. The van der Waals surface area contributed by atoms with Crippen molar-refractivity contribution in [3.63, 3.8) is 0 Å². The van der Waals surface area contributed by atoms with Crippen LogP contribution in [-0.4, -0.2) is 59.4 Å². The van der Waals surface area contributed by atoms with Crippen molar-refractivity contribution in [1.29, 1.82) is 0 Å². The molecule has 0 radical (unpaired) electrons. The number of rotatable bonds is 5. The quantitative estimate of drug-likeness (QED) is 0.850. The van der Waals surface area contributed by atoms with Crippen LogP contribution in [-0.2, 0) is 19.8 Å². The molecule has 0 unspecified atom stereocenters. The second-order valence-corrected chi connectivity index (χ2v) is 7.67. The molecule has 6 nitrogen and oxygen atoms in total. The fourth-order valence-corrected chi connectivity index (χ4v) is 3.68. The second kappa shape index (κ2) is 8.08. The second-order valence-electron chi connectivity index (χ2n) is 7.26. The summed E-state index contributed by atoms with van der Waals surface area (Å²) in [5, 5.41) is 9.55. The van der Waals surface area contributed by atoms with Crippen LogP contribution in [0.1, 0.15) is 32.3 Å². The maximum atomic E-state index is 12.9. The molecule has 1 aliphatic heterocycles. The van der Waals surface area contributed by atoms with Crippen molar-refractivity contribution < 1.29 is 19.5 Å². The molecule has 1 N–H and O–H groups in total. The Balaban J connectivity index is 1.99. The van der Waals surface area contributed by atoms with Crippen molar-refractivity contribution in [1.82, 2.24) is 9.80 Å². The van der Waals surface area contributed by atoms with Gasteiger partial charge in [-0.25, -0.2) is 0 Å². The molecule has 0 spiro atoms. The number of piperidine rings is 1. The summed E-state index contributed by atoms with van der Waals surface area (Å²) < 4.78 is 0. The zero-order chi connectivity index (χ0) is 19.5. The van der Waals surface area contributed by atoms with Gasteiger partial charge in [0.15, 0.2) is 0 Å². The van der Waals surface area contributed by atoms with Gasteiger partial charge in [0.2, 0.25) is 11.8 Å². The molecule has 0 bridgehead atoms. The van der Waals surface area contributed by atoms with E-state index in [1.54, 1.807) is 37.9 Å². The Morgan fingerprint density at radius 1 is 1.23 bits per heavy atom. The third-order valence-electron chi connectivity index (χ3n) is 5.00. The van der Waals surface area contributed by atoms with Crippen LogP contribution in [0.5, 0.6) is 0 Å². The molecule has 0 atom stereocenters. The number of halogens is 1. The normalized spacial score (nSPS) is 15.6. The van der Waals surface area contributed by atoms with Gasteiger partial charge in [0, 0.05) is 25.2 Å². The van der Waals surface area contributed by atoms with Crippen LogP contribution in [0.15, 0.2) is 24.3 Å². The highest BCUT2D eigenvalue weighted by Crippen LogP contribution is 2.31. The monoisotopic (exact) mass is 380 g/mol. The zero-order valence-corrected chi connectivity index (χ0v) is 16.1. The van der Waals surface area contributed by atoms with Crippen LogP contribution < -0.4 is 0 Å². The zero-order valence-electron chi connectivity index (χ0n) is 15.4. The minimum atomic E-state index is -0.857. The number of nitrogens with zero attached hydrogens (tertiary/aromatic N) is 2. The van der Waals surface area contributed by atoms with E-state index in [0.717, 1.165) is 0 Å². The Hall–Kier alpha value is -2.08. The van der Waals surface area contributed by atoms with Crippen molar-refractivity contribution in [3.05, 3.63) is 34.9 Å². The summed E-state index contributed by atoms with van der Waals surface area (Å²) in [5.74, 6) is -1.57. The molecule has 1 aliphatic rings. The summed E-state index contributed by atoms with van der Waals surface area (Å²) in [5.41, 5.74) is -0.142. The number of carboxylic acids is 1. The highest BCUT2D eigenvalue weighted by Gasteiger charge is 2.35. The number of carboxylic acid groups (broad SMARTS) is 1. The van der Waals surface area contributed by atoms with Crippen molar-refractivity contribution in [3.8, 4) is 0 Å². The first-order valence-corrected chi connectivity index (χ1v) is 9.03. The third-order valence-corrected chi connectivity index (χ3v) is 5.33. The minimum Gasteiger partial charge on any atom is -0.481 e. The fourth-order valence-electron chi connectivity index (χ4n) is 3.31. The van der Waals surface area contributed by atoms with Crippen molar-refractivity contribution in [2.75, 3.05) is 26.7 Å². The summed E-state index contributed by atoms with van der Waals surface area (Å²) in [7, 11) is 1.60. The number of likely N-dealkylation sites (tertiary alicyclic amines) is 1. The van der Waals surface area contributed by atoms with Crippen molar-refractivity contribution >= 4 is 29.4 Å². The highest BCUT2D eigenvalue weighted by atomic mass is 35.5. The van der Waals surface area contributed by atoms with Gasteiger partial charge in [-0.15, -0.1) is 0 Å². The lowest BCUT2D eigenvalue weighted by molar-refractivity contribution is -0.147. The molecular weight excluding hydrogens is 356 g/mol. The molecule has 0 aromatic heterocycles. The van der Waals surface area contributed by atoms with Crippen LogP contribution in [0.3, 0.4) is 0 Å². The molecule has 0 aliphatic carbocycles. The first-order chi connectivity index (χ1) is 12.1. The predicted octanol–water partition coefficient (Wildman–Crippen LogP) is 2.40. The molecule has 1 aromatic rings. The van der Waals surface area contributed by atoms with Crippen molar-refractivity contribution in [2.45, 2.75) is 32.1 Å². The Bertz CT molecular complexity index is 697. The average Bonchev–Trinajstić information content (AvgIpc) is 2.61. The third kappa shape index (κ3) is 4.36. The number of benzene rings is 1. The largest absolute Gasteiger partial charge is 0.481 e. The van der Waals surface area contributed by atoms with Crippen LogP contribution >= 0.6 is 11.6 Å².